The van der Waals surface area contributed by atoms with E-state index >= 15 is 0 Å². The van der Waals surface area contributed by atoms with Gasteiger partial charge in [0, 0.05) is 23.6 Å². The van der Waals surface area contributed by atoms with E-state index < -0.39 is 0 Å². The molecule has 0 aliphatic rings. The molecule has 1 amide bonds. The average molecular weight is 288 g/mol. The number of benzene rings is 1. The van der Waals surface area contributed by atoms with Crippen molar-refractivity contribution in [3.8, 4) is 5.69 Å². The molecule has 4 heteroatoms. The van der Waals surface area contributed by atoms with Crippen LogP contribution in [0.15, 0.2) is 30.3 Å². The van der Waals surface area contributed by atoms with Crippen molar-refractivity contribution in [3.05, 3.63) is 53.1 Å². The molecule has 0 fully saturated rings. The molecule has 112 valence electrons. The number of aromatic nitrogens is 1. The van der Waals surface area contributed by atoms with E-state index in [9.17, 15) is 9.18 Å². The van der Waals surface area contributed by atoms with Gasteiger partial charge in [0.25, 0.3) is 5.91 Å². The van der Waals surface area contributed by atoms with Crippen molar-refractivity contribution in [2.24, 2.45) is 5.92 Å². The zero-order valence-electron chi connectivity index (χ0n) is 12.9. The van der Waals surface area contributed by atoms with Crippen molar-refractivity contribution in [1.82, 2.24) is 9.88 Å². The Hall–Kier alpha value is -2.10. The fourth-order valence-corrected chi connectivity index (χ4v) is 2.37. The molecule has 1 aromatic carbocycles. The summed E-state index contributed by atoms with van der Waals surface area (Å²) in [5.41, 5.74) is 3.33. The summed E-state index contributed by atoms with van der Waals surface area (Å²) in [4.78, 5) is 12.2. The second kappa shape index (κ2) is 6.12. The molecular formula is C17H21FN2O. The van der Waals surface area contributed by atoms with Crippen LogP contribution in [0.2, 0.25) is 0 Å². The Morgan fingerprint density at radius 3 is 2.43 bits per heavy atom. The zero-order chi connectivity index (χ0) is 15.6. The van der Waals surface area contributed by atoms with Crippen LogP contribution in [0.4, 0.5) is 4.39 Å². The lowest BCUT2D eigenvalue weighted by atomic mass is 10.2. The Labute approximate surface area is 124 Å². The molecule has 3 nitrogen and oxygen atoms in total. The molecular weight excluding hydrogens is 267 g/mol. The Bertz CT molecular complexity index is 642. The number of nitrogens with zero attached hydrogens (tertiary/aromatic N) is 1. The topological polar surface area (TPSA) is 34.0 Å². The summed E-state index contributed by atoms with van der Waals surface area (Å²) in [5.74, 6) is 0.0795. The molecule has 0 saturated carbocycles. The van der Waals surface area contributed by atoms with Gasteiger partial charge in [0.15, 0.2) is 0 Å². The quantitative estimate of drug-likeness (QED) is 0.916. The molecule has 0 atom stereocenters. The highest BCUT2D eigenvalue weighted by molar-refractivity contribution is 5.95. The van der Waals surface area contributed by atoms with E-state index in [0.717, 1.165) is 17.1 Å². The maximum Gasteiger partial charge on any atom is 0.253 e. The van der Waals surface area contributed by atoms with Gasteiger partial charge in [0.05, 0.1) is 5.56 Å². The Kier molecular flexibility index (Phi) is 4.46. The van der Waals surface area contributed by atoms with Crippen LogP contribution in [-0.2, 0) is 0 Å². The largest absolute Gasteiger partial charge is 0.352 e. The number of hydrogen-bond acceptors (Lipinski definition) is 1. The summed E-state index contributed by atoms with van der Waals surface area (Å²) in [7, 11) is 0. The van der Waals surface area contributed by atoms with E-state index in [2.05, 4.69) is 19.2 Å². The first-order valence-electron chi connectivity index (χ1n) is 7.13. The van der Waals surface area contributed by atoms with E-state index in [1.54, 1.807) is 12.1 Å². The summed E-state index contributed by atoms with van der Waals surface area (Å²) in [6.07, 6.45) is 0. The highest BCUT2D eigenvalue weighted by Crippen LogP contribution is 2.21. The summed E-state index contributed by atoms with van der Waals surface area (Å²) in [6, 6.07) is 8.14. The summed E-state index contributed by atoms with van der Waals surface area (Å²) in [6.45, 7) is 8.61. The molecule has 1 N–H and O–H groups in total. The first-order valence-corrected chi connectivity index (χ1v) is 7.13. The molecule has 0 aliphatic heterocycles. The number of hydrogen-bond donors (Lipinski definition) is 1. The molecule has 0 unspecified atom stereocenters. The molecule has 2 rings (SSSR count). The lowest BCUT2D eigenvalue weighted by Crippen LogP contribution is -2.27. The molecule has 2 aromatic rings. The van der Waals surface area contributed by atoms with Crippen LogP contribution in [-0.4, -0.2) is 17.0 Å². The third kappa shape index (κ3) is 3.32. The summed E-state index contributed by atoms with van der Waals surface area (Å²) in [5, 5.41) is 2.93. The monoisotopic (exact) mass is 288 g/mol. The average Bonchev–Trinajstić information content (AvgIpc) is 2.73. The van der Waals surface area contributed by atoms with Crippen molar-refractivity contribution in [3.63, 3.8) is 0 Å². The van der Waals surface area contributed by atoms with Crippen molar-refractivity contribution in [2.45, 2.75) is 27.7 Å². The normalized spacial score (nSPS) is 11.0. The number of halogens is 1. The minimum atomic E-state index is -0.267. The zero-order valence-corrected chi connectivity index (χ0v) is 12.9. The van der Waals surface area contributed by atoms with Crippen molar-refractivity contribution in [1.29, 1.82) is 0 Å². The number of carbonyl (C=O) groups excluding carboxylic acids is 1. The third-order valence-electron chi connectivity index (χ3n) is 3.43. The first kappa shape index (κ1) is 15.3. The van der Waals surface area contributed by atoms with Crippen LogP contribution in [0.3, 0.4) is 0 Å². The number of amides is 1. The van der Waals surface area contributed by atoms with Crippen LogP contribution >= 0.6 is 0 Å². The van der Waals surface area contributed by atoms with Crippen LogP contribution in [0, 0.1) is 25.6 Å². The SMILES string of the molecule is Cc1cc(C(=O)NCC(C)C)c(C)n1-c1ccc(F)cc1. The van der Waals surface area contributed by atoms with Gasteiger partial charge in [0.2, 0.25) is 0 Å². The van der Waals surface area contributed by atoms with Gasteiger partial charge < -0.3 is 9.88 Å². The predicted octanol–water partition coefficient (Wildman–Crippen LogP) is 3.62. The molecule has 0 saturated heterocycles. The Balaban J connectivity index is 2.33. The standard InChI is InChI=1S/C17H21FN2O/c1-11(2)10-19-17(21)16-9-12(3)20(13(16)4)15-7-5-14(18)6-8-15/h5-9,11H,10H2,1-4H3,(H,19,21). The van der Waals surface area contributed by atoms with Crippen molar-refractivity contribution < 1.29 is 9.18 Å². The van der Waals surface area contributed by atoms with E-state index in [0.29, 0.717) is 18.0 Å². The number of rotatable bonds is 4. The maximum absolute atomic E-state index is 13.0. The van der Waals surface area contributed by atoms with Gasteiger partial charge in [-0.25, -0.2) is 4.39 Å². The maximum atomic E-state index is 13.0. The number of aryl methyl sites for hydroxylation is 1. The van der Waals surface area contributed by atoms with Gasteiger partial charge in [-0.2, -0.15) is 0 Å². The number of nitrogens with one attached hydrogen (secondary N) is 1. The van der Waals surface area contributed by atoms with Crippen LogP contribution in [0.25, 0.3) is 5.69 Å². The van der Waals surface area contributed by atoms with Crippen LogP contribution < -0.4 is 5.32 Å². The molecule has 0 bridgehead atoms. The molecule has 0 spiro atoms. The van der Waals surface area contributed by atoms with E-state index in [4.69, 9.17) is 0 Å². The smallest absolute Gasteiger partial charge is 0.253 e. The number of carbonyl (C=O) groups is 1. The predicted molar refractivity (Wildman–Crippen MR) is 82.4 cm³/mol. The molecule has 21 heavy (non-hydrogen) atoms. The third-order valence-corrected chi connectivity index (χ3v) is 3.43. The first-order chi connectivity index (χ1) is 9.90. The Morgan fingerprint density at radius 2 is 1.86 bits per heavy atom. The van der Waals surface area contributed by atoms with Crippen molar-refractivity contribution in [2.75, 3.05) is 6.54 Å². The Morgan fingerprint density at radius 1 is 1.24 bits per heavy atom. The van der Waals surface area contributed by atoms with E-state index in [1.807, 2.05) is 24.5 Å². The molecule has 1 heterocycles. The molecule has 0 radical (unpaired) electrons. The lowest BCUT2D eigenvalue weighted by molar-refractivity contribution is 0.0948. The highest BCUT2D eigenvalue weighted by Gasteiger charge is 2.16. The van der Waals surface area contributed by atoms with Crippen LogP contribution in [0.5, 0.6) is 0 Å². The van der Waals surface area contributed by atoms with Gasteiger partial charge in [-0.3, -0.25) is 4.79 Å². The van der Waals surface area contributed by atoms with Crippen LogP contribution in [0.1, 0.15) is 35.6 Å². The van der Waals surface area contributed by atoms with Gasteiger partial charge in [-0.05, 0) is 50.1 Å². The minimum absolute atomic E-state index is 0.0647. The second-order valence-electron chi connectivity index (χ2n) is 5.70. The lowest BCUT2D eigenvalue weighted by Gasteiger charge is -2.10. The second-order valence-corrected chi connectivity index (χ2v) is 5.70. The van der Waals surface area contributed by atoms with Gasteiger partial charge in [0.1, 0.15) is 5.82 Å². The highest BCUT2D eigenvalue weighted by atomic mass is 19.1. The van der Waals surface area contributed by atoms with Gasteiger partial charge >= 0.3 is 0 Å². The fraction of sp³-hybridized carbons (Fsp3) is 0.353. The minimum Gasteiger partial charge on any atom is -0.352 e. The summed E-state index contributed by atoms with van der Waals surface area (Å²) < 4.78 is 15.0. The fourth-order valence-electron chi connectivity index (χ4n) is 2.37. The van der Waals surface area contributed by atoms with E-state index in [1.165, 1.54) is 12.1 Å². The molecule has 0 aliphatic carbocycles. The summed E-state index contributed by atoms with van der Waals surface area (Å²) >= 11 is 0. The van der Waals surface area contributed by atoms with E-state index in [-0.39, 0.29) is 11.7 Å². The van der Waals surface area contributed by atoms with Gasteiger partial charge in [-0.1, -0.05) is 13.8 Å². The molecule has 1 aromatic heterocycles. The van der Waals surface area contributed by atoms with Gasteiger partial charge in [-0.15, -0.1) is 0 Å². The van der Waals surface area contributed by atoms with Crippen molar-refractivity contribution >= 4 is 5.91 Å².